The van der Waals surface area contributed by atoms with Crippen LogP contribution in [0.25, 0.3) is 0 Å². The number of ether oxygens (including phenoxy) is 1. The van der Waals surface area contributed by atoms with Crippen molar-refractivity contribution < 1.29 is 21.9 Å². The fourth-order valence-corrected chi connectivity index (χ4v) is 2.64. The van der Waals surface area contributed by atoms with Crippen LogP contribution in [0.15, 0.2) is 0 Å². The second kappa shape index (κ2) is 24.4. The Morgan fingerprint density at radius 1 is 0.680 bits per heavy atom. The largest absolute Gasteiger partial charge is 0.397 e. The summed E-state index contributed by atoms with van der Waals surface area (Å²) in [6.45, 7) is 8.00. The smallest absolute Gasteiger partial charge is 0.382 e. The van der Waals surface area contributed by atoms with Crippen molar-refractivity contribution in [2.24, 2.45) is 0 Å². The van der Waals surface area contributed by atoms with E-state index in [-0.39, 0.29) is 24.0 Å². The Hall–Kier alpha value is 0.362. The van der Waals surface area contributed by atoms with Crippen LogP contribution in [-0.2, 0) is 19.3 Å². The van der Waals surface area contributed by atoms with Gasteiger partial charge in [0.05, 0.1) is 6.61 Å². The first-order valence-corrected chi connectivity index (χ1v) is 11.0. The maximum Gasteiger partial charge on any atom is 0.397 e. The van der Waals surface area contributed by atoms with E-state index in [9.17, 15) is 8.42 Å². The monoisotopic (exact) mass is 398 g/mol. The van der Waals surface area contributed by atoms with Gasteiger partial charge in [0.1, 0.15) is 0 Å². The molecule has 0 aromatic carbocycles. The second-order valence-corrected chi connectivity index (χ2v) is 7.01. The average Bonchev–Trinajstić information content (AvgIpc) is 2.52. The van der Waals surface area contributed by atoms with Gasteiger partial charge in [-0.25, -0.2) is 4.18 Å². The first-order valence-electron chi connectivity index (χ1n) is 9.67. The zero-order chi connectivity index (χ0) is 18.5. The summed E-state index contributed by atoms with van der Waals surface area (Å²) in [4.78, 5) is 0. The van der Waals surface area contributed by atoms with Crippen LogP contribution in [0.4, 0.5) is 0 Å². The molecule has 0 saturated heterocycles. The quantitative estimate of drug-likeness (QED) is 0.237. The molecular formula is C18H43AlO5S. The molecule has 0 aliphatic rings. The van der Waals surface area contributed by atoms with Gasteiger partial charge in [0, 0.05) is 13.2 Å². The lowest BCUT2D eigenvalue weighted by Gasteiger charge is -2.02. The zero-order valence-corrected chi connectivity index (χ0v) is 16.9. The second-order valence-electron chi connectivity index (χ2n) is 5.92. The van der Waals surface area contributed by atoms with Gasteiger partial charge in [-0.2, -0.15) is 8.42 Å². The summed E-state index contributed by atoms with van der Waals surface area (Å²) in [5.74, 6) is 0. The molecule has 7 heteroatoms. The normalized spacial score (nSPS) is 10.7. The average molecular weight is 399 g/mol. The van der Waals surface area contributed by atoms with Crippen molar-refractivity contribution in [2.45, 2.75) is 97.8 Å². The van der Waals surface area contributed by atoms with E-state index in [1.54, 1.807) is 0 Å². The number of unbranched alkanes of at least 4 members (excludes halogenated alkanes) is 11. The SMILES string of the molecule is CCCCCCCCCCCCCCOS(=O)(=O)O.CCOCC.[AlH3]. The van der Waals surface area contributed by atoms with Crippen molar-refractivity contribution in [1.82, 2.24) is 0 Å². The van der Waals surface area contributed by atoms with Crippen LogP contribution in [-0.4, -0.2) is 50.2 Å². The topological polar surface area (TPSA) is 72.8 Å². The Balaban J connectivity index is -0.000000704. The first-order chi connectivity index (χ1) is 11.5. The van der Waals surface area contributed by atoms with Crippen LogP contribution in [0, 0.1) is 0 Å². The van der Waals surface area contributed by atoms with E-state index in [2.05, 4.69) is 11.1 Å². The van der Waals surface area contributed by atoms with Gasteiger partial charge in [-0.1, -0.05) is 77.6 Å². The van der Waals surface area contributed by atoms with Crippen molar-refractivity contribution in [3.8, 4) is 0 Å². The molecule has 154 valence electrons. The van der Waals surface area contributed by atoms with E-state index in [0.717, 1.165) is 26.1 Å². The Kier molecular flexibility index (Phi) is 29.3. The van der Waals surface area contributed by atoms with Crippen LogP contribution in [0.5, 0.6) is 0 Å². The van der Waals surface area contributed by atoms with Crippen LogP contribution in [0.1, 0.15) is 97.8 Å². The number of rotatable bonds is 16. The summed E-state index contributed by atoms with van der Waals surface area (Å²) in [5.41, 5.74) is 0. The van der Waals surface area contributed by atoms with Gasteiger partial charge in [-0.15, -0.1) is 0 Å². The Bertz CT molecular complexity index is 321. The molecule has 0 aromatic rings. The molecule has 5 nitrogen and oxygen atoms in total. The molecule has 0 aliphatic carbocycles. The molecule has 0 atom stereocenters. The third-order valence-corrected chi connectivity index (χ3v) is 4.10. The van der Waals surface area contributed by atoms with Gasteiger partial charge in [0.15, 0.2) is 17.4 Å². The van der Waals surface area contributed by atoms with Gasteiger partial charge < -0.3 is 4.74 Å². The molecule has 0 fully saturated rings. The minimum absolute atomic E-state index is 0. The molecular weight excluding hydrogens is 355 g/mol. The molecule has 1 N–H and O–H groups in total. The highest BCUT2D eigenvalue weighted by Crippen LogP contribution is 2.11. The van der Waals surface area contributed by atoms with E-state index in [0.29, 0.717) is 6.42 Å². The van der Waals surface area contributed by atoms with Crippen molar-refractivity contribution in [3.63, 3.8) is 0 Å². The Morgan fingerprint density at radius 3 is 1.32 bits per heavy atom. The van der Waals surface area contributed by atoms with Crippen molar-refractivity contribution in [1.29, 1.82) is 0 Å². The minimum atomic E-state index is -4.24. The number of hydrogen-bond acceptors (Lipinski definition) is 4. The number of hydrogen-bond donors (Lipinski definition) is 1. The molecule has 0 radical (unpaired) electrons. The summed E-state index contributed by atoms with van der Waals surface area (Å²) < 4.78 is 38.0. The van der Waals surface area contributed by atoms with Crippen LogP contribution < -0.4 is 0 Å². The summed E-state index contributed by atoms with van der Waals surface area (Å²) in [5, 5.41) is 0. The van der Waals surface area contributed by atoms with Crippen molar-refractivity contribution >= 4 is 27.8 Å². The van der Waals surface area contributed by atoms with Gasteiger partial charge in [-0.05, 0) is 20.3 Å². The standard InChI is InChI=1S/C14H30O4S.C4H10O.Al.3H/c1-2-3-4-5-6-7-8-9-10-11-12-13-14-18-19(15,16)17;1-3-5-4-2;;;;/h2-14H2,1H3,(H,15,16,17);3-4H2,1-2H3;;;;. The predicted octanol–water partition coefficient (Wildman–Crippen LogP) is 4.37. The van der Waals surface area contributed by atoms with Crippen LogP contribution >= 0.6 is 0 Å². The fourth-order valence-electron chi connectivity index (χ4n) is 2.31. The Labute approximate surface area is 167 Å². The highest BCUT2D eigenvalue weighted by atomic mass is 32.3. The molecule has 25 heavy (non-hydrogen) atoms. The molecule has 0 saturated carbocycles. The van der Waals surface area contributed by atoms with Gasteiger partial charge in [-0.3, -0.25) is 4.55 Å². The molecule has 0 heterocycles. The van der Waals surface area contributed by atoms with Gasteiger partial charge >= 0.3 is 10.4 Å². The van der Waals surface area contributed by atoms with Crippen LogP contribution in [0.2, 0.25) is 0 Å². The van der Waals surface area contributed by atoms with Gasteiger partial charge in [0.2, 0.25) is 0 Å². The predicted molar refractivity (Wildman–Crippen MR) is 111 cm³/mol. The summed E-state index contributed by atoms with van der Waals surface area (Å²) in [6.07, 6.45) is 14.7. The summed E-state index contributed by atoms with van der Waals surface area (Å²) in [7, 11) is -4.24. The highest BCUT2D eigenvalue weighted by molar-refractivity contribution is 7.80. The molecule has 0 spiro atoms. The molecule has 0 amide bonds. The van der Waals surface area contributed by atoms with E-state index in [4.69, 9.17) is 9.29 Å². The summed E-state index contributed by atoms with van der Waals surface area (Å²) >= 11 is 0. The lowest BCUT2D eigenvalue weighted by molar-refractivity contribution is 0.162. The van der Waals surface area contributed by atoms with E-state index < -0.39 is 10.4 Å². The molecule has 0 aromatic heterocycles. The third-order valence-electron chi connectivity index (χ3n) is 3.64. The third kappa shape index (κ3) is 36.1. The molecule has 0 bridgehead atoms. The van der Waals surface area contributed by atoms with E-state index >= 15 is 0 Å². The van der Waals surface area contributed by atoms with Crippen molar-refractivity contribution in [2.75, 3.05) is 19.8 Å². The minimum Gasteiger partial charge on any atom is -0.382 e. The lowest BCUT2D eigenvalue weighted by Crippen LogP contribution is -2.04. The Morgan fingerprint density at radius 2 is 1.04 bits per heavy atom. The van der Waals surface area contributed by atoms with E-state index in [1.807, 2.05) is 13.8 Å². The van der Waals surface area contributed by atoms with Gasteiger partial charge in [0.25, 0.3) is 0 Å². The van der Waals surface area contributed by atoms with Crippen LogP contribution in [0.3, 0.4) is 0 Å². The fraction of sp³-hybridized carbons (Fsp3) is 1.00. The summed E-state index contributed by atoms with van der Waals surface area (Å²) in [6, 6.07) is 0. The van der Waals surface area contributed by atoms with Crippen molar-refractivity contribution in [3.05, 3.63) is 0 Å². The molecule has 0 unspecified atom stereocenters. The van der Waals surface area contributed by atoms with E-state index in [1.165, 1.54) is 57.8 Å². The maximum atomic E-state index is 10.3. The zero-order valence-electron chi connectivity index (χ0n) is 16.1. The maximum absolute atomic E-state index is 10.3. The molecule has 0 rings (SSSR count). The lowest BCUT2D eigenvalue weighted by atomic mass is 10.1. The highest BCUT2D eigenvalue weighted by Gasteiger charge is 2.02. The molecule has 0 aliphatic heterocycles. The first kappa shape index (κ1) is 30.1.